The Morgan fingerprint density at radius 3 is 2.67 bits per heavy atom. The second-order valence-corrected chi connectivity index (χ2v) is 5.01. The first kappa shape index (κ1) is 15.4. The molecule has 0 saturated carbocycles. The molecular weight excluding hydrogens is 315 g/mol. The maximum atomic E-state index is 10.9. The third kappa shape index (κ3) is 3.56. The molecule has 7 heteroatoms. The van der Waals surface area contributed by atoms with E-state index < -0.39 is 4.92 Å². The molecule has 0 amide bonds. The predicted octanol–water partition coefficient (Wildman–Crippen LogP) is 4.52. The first-order valence-electron chi connectivity index (χ1n) is 6.02. The molecule has 0 atom stereocenters. The highest BCUT2D eigenvalue weighted by molar-refractivity contribution is 6.32. The van der Waals surface area contributed by atoms with E-state index in [9.17, 15) is 10.1 Å². The molecule has 0 aliphatic heterocycles. The van der Waals surface area contributed by atoms with Crippen molar-refractivity contribution in [1.29, 1.82) is 0 Å². The average Bonchev–Trinajstić information content (AvgIpc) is 2.46. The van der Waals surface area contributed by atoms with Crippen LogP contribution in [0.15, 0.2) is 36.4 Å². The van der Waals surface area contributed by atoms with Gasteiger partial charge in [-0.15, -0.1) is 0 Å². The molecule has 0 radical (unpaired) electrons. The molecule has 0 bridgehead atoms. The SMILES string of the molecule is COc1cccc(Cl)c1CNc1ccc(Cl)c([N+](=O)[O-])c1. The summed E-state index contributed by atoms with van der Waals surface area (Å²) in [6.45, 7) is 0.377. The number of nitrogens with one attached hydrogen (secondary N) is 1. The topological polar surface area (TPSA) is 64.4 Å². The summed E-state index contributed by atoms with van der Waals surface area (Å²) in [5.41, 5.74) is 1.21. The molecule has 0 aliphatic rings. The van der Waals surface area contributed by atoms with Crippen LogP contribution in [0.1, 0.15) is 5.56 Å². The molecule has 5 nitrogen and oxygen atoms in total. The van der Waals surface area contributed by atoms with Crippen LogP contribution in [-0.2, 0) is 6.54 Å². The van der Waals surface area contributed by atoms with E-state index in [-0.39, 0.29) is 10.7 Å². The summed E-state index contributed by atoms with van der Waals surface area (Å²) in [4.78, 5) is 10.3. The Labute approximate surface area is 131 Å². The minimum Gasteiger partial charge on any atom is -0.496 e. The van der Waals surface area contributed by atoms with Gasteiger partial charge in [0.05, 0.1) is 12.0 Å². The summed E-state index contributed by atoms with van der Waals surface area (Å²) in [6, 6.07) is 9.87. The van der Waals surface area contributed by atoms with E-state index in [1.54, 1.807) is 31.4 Å². The Hall–Kier alpha value is -1.98. The van der Waals surface area contributed by atoms with Gasteiger partial charge in [-0.25, -0.2) is 0 Å². The van der Waals surface area contributed by atoms with Gasteiger partial charge < -0.3 is 10.1 Å². The Bertz CT molecular complexity index is 677. The van der Waals surface area contributed by atoms with Crippen LogP contribution in [0.3, 0.4) is 0 Å². The van der Waals surface area contributed by atoms with Gasteiger partial charge in [0.1, 0.15) is 10.8 Å². The van der Waals surface area contributed by atoms with Gasteiger partial charge in [-0.3, -0.25) is 10.1 Å². The molecule has 110 valence electrons. The van der Waals surface area contributed by atoms with Crippen LogP contribution in [0.4, 0.5) is 11.4 Å². The minimum atomic E-state index is -0.524. The number of benzene rings is 2. The molecule has 2 aromatic carbocycles. The van der Waals surface area contributed by atoms with Crippen LogP contribution in [0.2, 0.25) is 10.0 Å². The number of methoxy groups -OCH3 is 1. The monoisotopic (exact) mass is 326 g/mol. The van der Waals surface area contributed by atoms with Crippen LogP contribution in [-0.4, -0.2) is 12.0 Å². The van der Waals surface area contributed by atoms with Gasteiger partial charge in [-0.05, 0) is 24.3 Å². The fourth-order valence-corrected chi connectivity index (χ4v) is 2.27. The van der Waals surface area contributed by atoms with Crippen LogP contribution in [0.25, 0.3) is 0 Å². The van der Waals surface area contributed by atoms with Gasteiger partial charge in [-0.2, -0.15) is 0 Å². The quantitative estimate of drug-likeness (QED) is 0.648. The van der Waals surface area contributed by atoms with Crippen molar-refractivity contribution in [3.05, 3.63) is 62.1 Å². The van der Waals surface area contributed by atoms with Crippen LogP contribution >= 0.6 is 23.2 Å². The van der Waals surface area contributed by atoms with Crippen molar-refractivity contribution in [3.63, 3.8) is 0 Å². The van der Waals surface area contributed by atoms with Gasteiger partial charge in [0.15, 0.2) is 0 Å². The minimum absolute atomic E-state index is 0.0980. The number of nitrogens with zero attached hydrogens (tertiary/aromatic N) is 1. The summed E-state index contributed by atoms with van der Waals surface area (Å²) < 4.78 is 5.24. The lowest BCUT2D eigenvalue weighted by molar-refractivity contribution is -0.384. The van der Waals surface area contributed by atoms with E-state index in [0.717, 1.165) is 5.56 Å². The molecule has 2 rings (SSSR count). The molecule has 0 heterocycles. The fourth-order valence-electron chi connectivity index (χ4n) is 1.85. The van der Waals surface area contributed by atoms with Crippen molar-refractivity contribution in [2.24, 2.45) is 0 Å². The fraction of sp³-hybridized carbons (Fsp3) is 0.143. The Morgan fingerprint density at radius 2 is 2.00 bits per heavy atom. The summed E-state index contributed by atoms with van der Waals surface area (Å²) >= 11 is 11.9. The average molecular weight is 327 g/mol. The highest BCUT2D eigenvalue weighted by Gasteiger charge is 2.13. The molecule has 2 aromatic rings. The van der Waals surface area contributed by atoms with Crippen molar-refractivity contribution in [3.8, 4) is 5.75 Å². The van der Waals surface area contributed by atoms with Crippen molar-refractivity contribution < 1.29 is 9.66 Å². The standard InChI is InChI=1S/C14H12Cl2N2O3/c1-21-14-4-2-3-11(15)10(14)8-17-9-5-6-12(16)13(7-9)18(19)20/h2-7,17H,8H2,1H3. The lowest BCUT2D eigenvalue weighted by Gasteiger charge is -2.12. The maximum absolute atomic E-state index is 10.9. The van der Waals surface area contributed by atoms with Gasteiger partial charge in [0.2, 0.25) is 0 Å². The summed E-state index contributed by atoms with van der Waals surface area (Å²) in [5, 5.41) is 14.6. The number of hydrogen-bond acceptors (Lipinski definition) is 4. The normalized spacial score (nSPS) is 10.2. The lowest BCUT2D eigenvalue weighted by atomic mass is 10.2. The van der Waals surface area contributed by atoms with Crippen LogP contribution in [0, 0.1) is 10.1 Å². The van der Waals surface area contributed by atoms with Crippen molar-refractivity contribution in [2.75, 3.05) is 12.4 Å². The highest BCUT2D eigenvalue weighted by Crippen LogP contribution is 2.30. The number of rotatable bonds is 5. The number of hydrogen-bond donors (Lipinski definition) is 1. The van der Waals surface area contributed by atoms with E-state index in [4.69, 9.17) is 27.9 Å². The molecule has 0 spiro atoms. The van der Waals surface area contributed by atoms with Crippen LogP contribution < -0.4 is 10.1 Å². The summed E-state index contributed by atoms with van der Waals surface area (Å²) in [5.74, 6) is 0.651. The Balaban J connectivity index is 2.21. The van der Waals surface area contributed by atoms with E-state index >= 15 is 0 Å². The molecule has 0 fully saturated rings. The lowest BCUT2D eigenvalue weighted by Crippen LogP contribution is -2.03. The number of nitro groups is 1. The third-order valence-electron chi connectivity index (χ3n) is 2.91. The highest BCUT2D eigenvalue weighted by atomic mass is 35.5. The molecule has 21 heavy (non-hydrogen) atoms. The van der Waals surface area contributed by atoms with E-state index in [1.165, 1.54) is 12.1 Å². The van der Waals surface area contributed by atoms with Gasteiger partial charge in [-0.1, -0.05) is 29.3 Å². The van der Waals surface area contributed by atoms with Crippen molar-refractivity contribution in [1.82, 2.24) is 0 Å². The Morgan fingerprint density at radius 1 is 1.24 bits per heavy atom. The zero-order valence-corrected chi connectivity index (χ0v) is 12.6. The largest absolute Gasteiger partial charge is 0.496 e. The summed E-state index contributed by atoms with van der Waals surface area (Å²) in [6.07, 6.45) is 0. The van der Waals surface area contributed by atoms with Gasteiger partial charge >= 0.3 is 0 Å². The second kappa shape index (κ2) is 6.65. The maximum Gasteiger partial charge on any atom is 0.289 e. The number of anilines is 1. The molecule has 0 unspecified atom stereocenters. The van der Waals surface area contributed by atoms with E-state index in [2.05, 4.69) is 5.32 Å². The first-order chi connectivity index (χ1) is 10.0. The van der Waals surface area contributed by atoms with Crippen LogP contribution in [0.5, 0.6) is 5.75 Å². The first-order valence-corrected chi connectivity index (χ1v) is 6.77. The second-order valence-electron chi connectivity index (χ2n) is 4.20. The molecule has 0 aliphatic carbocycles. The molecule has 0 aromatic heterocycles. The smallest absolute Gasteiger partial charge is 0.289 e. The molecule has 0 saturated heterocycles. The Kier molecular flexibility index (Phi) is 4.88. The number of nitro benzene ring substituents is 1. The predicted molar refractivity (Wildman–Crippen MR) is 83.4 cm³/mol. The van der Waals surface area contributed by atoms with E-state index in [0.29, 0.717) is 23.0 Å². The third-order valence-corrected chi connectivity index (χ3v) is 3.58. The van der Waals surface area contributed by atoms with Gasteiger partial charge in [0.25, 0.3) is 5.69 Å². The van der Waals surface area contributed by atoms with Crippen molar-refractivity contribution in [2.45, 2.75) is 6.54 Å². The van der Waals surface area contributed by atoms with Crippen molar-refractivity contribution >= 4 is 34.6 Å². The number of halogens is 2. The van der Waals surface area contributed by atoms with Gasteiger partial charge in [0, 0.05) is 28.9 Å². The molecule has 1 N–H and O–H groups in total. The zero-order chi connectivity index (χ0) is 15.4. The summed E-state index contributed by atoms with van der Waals surface area (Å²) in [7, 11) is 1.56. The number of ether oxygens (including phenoxy) is 1. The molecular formula is C14H12Cl2N2O3. The zero-order valence-electron chi connectivity index (χ0n) is 11.1. The van der Waals surface area contributed by atoms with E-state index in [1.807, 2.05) is 0 Å².